The normalized spacial score (nSPS) is 30.9. The second-order valence-corrected chi connectivity index (χ2v) is 7.77. The van der Waals surface area contributed by atoms with Crippen LogP contribution in [0.4, 0.5) is 0 Å². The SMILES string of the molecule is COc1cc(Br)c(C)c(C23CCNC(C)C2CCC(=O)C3)c1O. The molecule has 3 atom stereocenters. The van der Waals surface area contributed by atoms with E-state index in [9.17, 15) is 9.90 Å². The zero-order valence-electron chi connectivity index (χ0n) is 13.9. The smallest absolute Gasteiger partial charge is 0.161 e. The number of ketones is 1. The molecule has 0 aromatic heterocycles. The molecule has 1 aromatic rings. The summed E-state index contributed by atoms with van der Waals surface area (Å²) in [5.41, 5.74) is 1.61. The Morgan fingerprint density at radius 2 is 2.22 bits per heavy atom. The van der Waals surface area contributed by atoms with Gasteiger partial charge in [-0.1, -0.05) is 15.9 Å². The molecular formula is C18H24BrNO3. The Morgan fingerprint density at radius 3 is 2.91 bits per heavy atom. The van der Waals surface area contributed by atoms with Gasteiger partial charge in [0.15, 0.2) is 11.5 Å². The van der Waals surface area contributed by atoms with Crippen molar-refractivity contribution in [3.05, 3.63) is 21.7 Å². The number of nitrogens with one attached hydrogen (secondary N) is 1. The van der Waals surface area contributed by atoms with Gasteiger partial charge in [-0.05, 0) is 50.8 Å². The van der Waals surface area contributed by atoms with Crippen molar-refractivity contribution in [2.75, 3.05) is 13.7 Å². The first-order chi connectivity index (χ1) is 10.9. The first kappa shape index (κ1) is 16.8. The topological polar surface area (TPSA) is 58.6 Å². The third-order valence-electron chi connectivity index (χ3n) is 5.78. The lowest BCUT2D eigenvalue weighted by molar-refractivity contribution is -0.124. The number of piperidine rings is 1. The van der Waals surface area contributed by atoms with E-state index in [1.165, 1.54) is 0 Å². The third-order valence-corrected chi connectivity index (χ3v) is 6.60. The highest BCUT2D eigenvalue weighted by Crippen LogP contribution is 2.54. The van der Waals surface area contributed by atoms with Gasteiger partial charge < -0.3 is 15.2 Å². The summed E-state index contributed by atoms with van der Waals surface area (Å²) in [6, 6.07) is 2.13. The van der Waals surface area contributed by atoms with Crippen LogP contribution in [0.3, 0.4) is 0 Å². The van der Waals surface area contributed by atoms with E-state index in [4.69, 9.17) is 4.74 Å². The van der Waals surface area contributed by atoms with Gasteiger partial charge in [0.1, 0.15) is 5.78 Å². The van der Waals surface area contributed by atoms with Crippen molar-refractivity contribution in [1.29, 1.82) is 0 Å². The molecule has 1 aliphatic heterocycles. The van der Waals surface area contributed by atoms with Crippen LogP contribution in [0, 0.1) is 12.8 Å². The summed E-state index contributed by atoms with van der Waals surface area (Å²) in [6.07, 6.45) is 2.89. The van der Waals surface area contributed by atoms with Crippen molar-refractivity contribution >= 4 is 21.7 Å². The summed E-state index contributed by atoms with van der Waals surface area (Å²) in [7, 11) is 1.56. The number of carbonyl (C=O) groups is 1. The molecule has 3 rings (SSSR count). The second kappa shape index (κ2) is 6.10. The molecule has 1 aliphatic carbocycles. The lowest BCUT2D eigenvalue weighted by atomic mass is 9.56. The van der Waals surface area contributed by atoms with Crippen LogP contribution in [-0.2, 0) is 10.2 Å². The van der Waals surface area contributed by atoms with Gasteiger partial charge in [0.25, 0.3) is 0 Å². The highest BCUT2D eigenvalue weighted by Gasteiger charge is 2.51. The number of carbonyl (C=O) groups excluding carboxylic acids is 1. The number of fused-ring (bicyclic) bond motifs is 1. The highest BCUT2D eigenvalue weighted by molar-refractivity contribution is 9.10. The summed E-state index contributed by atoms with van der Waals surface area (Å²) in [5.74, 6) is 1.31. The maximum atomic E-state index is 12.3. The number of Topliss-reactive ketones (excluding diaryl/α,β-unsaturated/α-hetero) is 1. The van der Waals surface area contributed by atoms with Crippen LogP contribution >= 0.6 is 15.9 Å². The van der Waals surface area contributed by atoms with Crippen molar-refractivity contribution in [1.82, 2.24) is 5.32 Å². The summed E-state index contributed by atoms with van der Waals surface area (Å²) in [5, 5.41) is 14.4. The summed E-state index contributed by atoms with van der Waals surface area (Å²) < 4.78 is 6.28. The molecule has 0 spiro atoms. The lowest BCUT2D eigenvalue weighted by Gasteiger charge is -2.51. The second-order valence-electron chi connectivity index (χ2n) is 6.92. The predicted molar refractivity (Wildman–Crippen MR) is 93.2 cm³/mol. The molecule has 2 fully saturated rings. The van der Waals surface area contributed by atoms with Crippen LogP contribution in [0.1, 0.15) is 43.7 Å². The number of rotatable bonds is 2. The van der Waals surface area contributed by atoms with E-state index in [0.29, 0.717) is 36.3 Å². The molecule has 4 nitrogen and oxygen atoms in total. The molecule has 1 aromatic carbocycles. The van der Waals surface area contributed by atoms with Gasteiger partial charge in [0.2, 0.25) is 0 Å². The summed E-state index contributed by atoms with van der Waals surface area (Å²) in [6.45, 7) is 5.06. The molecule has 1 saturated heterocycles. The zero-order chi connectivity index (χ0) is 16.8. The Balaban J connectivity index is 2.24. The van der Waals surface area contributed by atoms with Crippen molar-refractivity contribution in [3.8, 4) is 11.5 Å². The summed E-state index contributed by atoms with van der Waals surface area (Å²) in [4.78, 5) is 12.3. The maximum absolute atomic E-state index is 12.3. The molecule has 0 bridgehead atoms. The van der Waals surface area contributed by atoms with Gasteiger partial charge in [0, 0.05) is 34.3 Å². The van der Waals surface area contributed by atoms with Gasteiger partial charge in [-0.15, -0.1) is 0 Å². The molecule has 23 heavy (non-hydrogen) atoms. The van der Waals surface area contributed by atoms with Gasteiger partial charge in [0.05, 0.1) is 7.11 Å². The van der Waals surface area contributed by atoms with Crippen molar-refractivity contribution in [3.63, 3.8) is 0 Å². The molecule has 3 unspecified atom stereocenters. The van der Waals surface area contributed by atoms with Crippen LogP contribution in [-0.4, -0.2) is 30.6 Å². The van der Waals surface area contributed by atoms with Gasteiger partial charge in [-0.25, -0.2) is 0 Å². The molecule has 0 amide bonds. The number of hydrogen-bond donors (Lipinski definition) is 2. The maximum Gasteiger partial charge on any atom is 0.161 e. The Hall–Kier alpha value is -1.07. The summed E-state index contributed by atoms with van der Waals surface area (Å²) >= 11 is 3.59. The van der Waals surface area contributed by atoms with Crippen LogP contribution in [0.15, 0.2) is 10.5 Å². The fourth-order valence-electron chi connectivity index (χ4n) is 4.71. The fraction of sp³-hybridized carbons (Fsp3) is 0.611. The number of hydrogen-bond acceptors (Lipinski definition) is 4. The lowest BCUT2D eigenvalue weighted by Crippen LogP contribution is -2.56. The highest BCUT2D eigenvalue weighted by atomic mass is 79.9. The Morgan fingerprint density at radius 1 is 1.48 bits per heavy atom. The van der Waals surface area contributed by atoms with Crippen molar-refractivity contribution in [2.24, 2.45) is 5.92 Å². The molecular weight excluding hydrogens is 358 g/mol. The number of benzene rings is 1. The number of phenols is 1. The van der Waals surface area contributed by atoms with E-state index in [1.807, 2.05) is 6.92 Å². The van der Waals surface area contributed by atoms with Gasteiger partial charge in [-0.3, -0.25) is 4.79 Å². The van der Waals surface area contributed by atoms with E-state index in [1.54, 1.807) is 13.2 Å². The first-order valence-electron chi connectivity index (χ1n) is 8.22. The minimum absolute atomic E-state index is 0.196. The van der Waals surface area contributed by atoms with E-state index >= 15 is 0 Å². The zero-order valence-corrected chi connectivity index (χ0v) is 15.5. The molecule has 5 heteroatoms. The standard InChI is InChI=1S/C18H24BrNO3/c1-10-14(19)8-15(23-3)17(22)16(10)18-6-7-20-11(2)13(18)5-4-12(21)9-18/h8,11,13,20,22H,4-7,9H2,1-3H3. The minimum Gasteiger partial charge on any atom is -0.504 e. The van der Waals surface area contributed by atoms with Gasteiger partial charge in [-0.2, -0.15) is 0 Å². The monoisotopic (exact) mass is 381 g/mol. The van der Waals surface area contributed by atoms with E-state index < -0.39 is 0 Å². The first-order valence-corrected chi connectivity index (χ1v) is 9.01. The molecule has 1 saturated carbocycles. The van der Waals surface area contributed by atoms with Crippen LogP contribution in [0.5, 0.6) is 11.5 Å². The number of aromatic hydroxyl groups is 1. The van der Waals surface area contributed by atoms with E-state index in [-0.39, 0.29) is 11.2 Å². The van der Waals surface area contributed by atoms with Crippen LogP contribution in [0.2, 0.25) is 0 Å². The Labute approximate surface area is 145 Å². The largest absolute Gasteiger partial charge is 0.504 e. The average molecular weight is 382 g/mol. The quantitative estimate of drug-likeness (QED) is 0.823. The van der Waals surface area contributed by atoms with Crippen molar-refractivity contribution < 1.29 is 14.6 Å². The van der Waals surface area contributed by atoms with Crippen molar-refractivity contribution in [2.45, 2.75) is 51.0 Å². The van der Waals surface area contributed by atoms with Gasteiger partial charge >= 0.3 is 0 Å². The minimum atomic E-state index is -0.300. The van der Waals surface area contributed by atoms with E-state index in [2.05, 4.69) is 28.2 Å². The average Bonchev–Trinajstić information content (AvgIpc) is 2.50. The fourth-order valence-corrected chi connectivity index (χ4v) is 5.11. The molecule has 2 N–H and O–H groups in total. The van der Waals surface area contributed by atoms with E-state index in [0.717, 1.165) is 35.0 Å². The number of phenolic OH excluding ortho intramolecular Hbond substituents is 1. The number of halogens is 1. The third kappa shape index (κ3) is 2.58. The van der Waals surface area contributed by atoms with Crippen LogP contribution in [0.25, 0.3) is 0 Å². The molecule has 1 heterocycles. The molecule has 126 valence electrons. The molecule has 2 aliphatic rings. The van der Waals surface area contributed by atoms with Crippen LogP contribution < -0.4 is 10.1 Å². The Bertz CT molecular complexity index is 646. The Kier molecular flexibility index (Phi) is 4.45. The number of methoxy groups -OCH3 is 1. The molecule has 0 radical (unpaired) electrons. The predicted octanol–water partition coefficient (Wildman–Crippen LogP) is 3.46. The number of ether oxygens (including phenoxy) is 1.